The molecule has 2 aromatic carbocycles. The van der Waals surface area contributed by atoms with Gasteiger partial charge in [0.1, 0.15) is 0 Å². The van der Waals surface area contributed by atoms with Crippen LogP contribution in [0, 0.1) is 0 Å². The minimum Gasteiger partial charge on any atom is -0.380 e. The Balaban J connectivity index is 1.78. The molecular formula is C19H18F3N3O2S. The van der Waals surface area contributed by atoms with Crippen molar-refractivity contribution in [2.24, 2.45) is 0 Å². The summed E-state index contributed by atoms with van der Waals surface area (Å²) >= 11 is 0. The zero-order valence-electron chi connectivity index (χ0n) is 15.2. The molecule has 0 aliphatic carbocycles. The number of benzene rings is 2. The van der Waals surface area contributed by atoms with Crippen LogP contribution in [0.15, 0.2) is 54.7 Å². The fraction of sp³-hybridized carbons (Fsp3) is 0.211. The van der Waals surface area contributed by atoms with E-state index in [9.17, 15) is 21.6 Å². The Morgan fingerprint density at radius 3 is 2.36 bits per heavy atom. The van der Waals surface area contributed by atoms with E-state index < -0.39 is 21.8 Å². The number of nitrogens with zero attached hydrogens (tertiary/aromatic N) is 2. The highest BCUT2D eigenvalue weighted by atomic mass is 32.2. The predicted octanol–water partition coefficient (Wildman–Crippen LogP) is 4.26. The molecule has 0 saturated heterocycles. The fourth-order valence-electron chi connectivity index (χ4n) is 2.69. The molecule has 0 bridgehead atoms. The topological polar surface area (TPSA) is 62.3 Å². The van der Waals surface area contributed by atoms with Gasteiger partial charge in [0.2, 0.25) is 10.0 Å². The van der Waals surface area contributed by atoms with Crippen LogP contribution < -0.4 is 9.62 Å². The van der Waals surface area contributed by atoms with Gasteiger partial charge in [0, 0.05) is 30.9 Å². The van der Waals surface area contributed by atoms with Crippen LogP contribution in [0.4, 0.5) is 24.5 Å². The fourth-order valence-corrected chi connectivity index (χ4v) is 3.20. The van der Waals surface area contributed by atoms with Crippen molar-refractivity contribution in [2.45, 2.75) is 12.7 Å². The minimum atomic E-state index is -4.42. The highest BCUT2D eigenvalue weighted by molar-refractivity contribution is 7.92. The lowest BCUT2D eigenvalue weighted by molar-refractivity contribution is -0.137. The summed E-state index contributed by atoms with van der Waals surface area (Å²) < 4.78 is 62.9. The van der Waals surface area contributed by atoms with Crippen molar-refractivity contribution in [3.05, 3.63) is 65.9 Å². The van der Waals surface area contributed by atoms with Crippen LogP contribution in [0.5, 0.6) is 0 Å². The maximum atomic E-state index is 12.9. The van der Waals surface area contributed by atoms with E-state index in [1.807, 2.05) is 0 Å². The van der Waals surface area contributed by atoms with Crippen LogP contribution in [0.25, 0.3) is 10.9 Å². The second kappa shape index (κ2) is 7.31. The monoisotopic (exact) mass is 409 g/mol. The summed E-state index contributed by atoms with van der Waals surface area (Å²) in [5.74, 6) is 0. The number of nitrogens with one attached hydrogen (secondary N) is 1. The van der Waals surface area contributed by atoms with Gasteiger partial charge in [-0.3, -0.25) is 9.29 Å². The molecule has 28 heavy (non-hydrogen) atoms. The van der Waals surface area contributed by atoms with Gasteiger partial charge in [-0.1, -0.05) is 18.2 Å². The summed E-state index contributed by atoms with van der Waals surface area (Å²) in [6.45, 7) is 0.420. The van der Waals surface area contributed by atoms with Crippen molar-refractivity contribution in [2.75, 3.05) is 22.9 Å². The standard InChI is InChI=1S/C19H18F3N3O2S/c1-25(28(2,26)27)15-6-3-13(4-7-15)12-24-17-9-10-23-18-11-14(19(20,21)22)5-8-16(17)18/h3-11H,12H2,1-2H3,(H,23,24). The molecule has 9 heteroatoms. The van der Waals surface area contributed by atoms with Crippen LogP contribution in [-0.4, -0.2) is 26.7 Å². The summed E-state index contributed by atoms with van der Waals surface area (Å²) in [4.78, 5) is 4.02. The van der Waals surface area contributed by atoms with Gasteiger partial charge in [-0.2, -0.15) is 13.2 Å². The molecule has 0 spiro atoms. The normalized spacial score (nSPS) is 12.2. The molecular weight excluding hydrogens is 391 g/mol. The Kier molecular flexibility index (Phi) is 5.20. The Morgan fingerprint density at radius 1 is 1.07 bits per heavy atom. The third-order valence-corrected chi connectivity index (χ3v) is 5.56. The molecule has 0 unspecified atom stereocenters. The number of sulfonamides is 1. The van der Waals surface area contributed by atoms with E-state index in [2.05, 4.69) is 10.3 Å². The van der Waals surface area contributed by atoms with Gasteiger partial charge in [-0.15, -0.1) is 0 Å². The molecule has 1 N–H and O–H groups in total. The first kappa shape index (κ1) is 19.9. The van der Waals surface area contributed by atoms with Crippen molar-refractivity contribution >= 4 is 32.3 Å². The number of pyridine rings is 1. The first-order valence-electron chi connectivity index (χ1n) is 8.28. The zero-order valence-corrected chi connectivity index (χ0v) is 16.0. The van der Waals surface area contributed by atoms with Gasteiger partial charge in [-0.25, -0.2) is 8.42 Å². The summed E-state index contributed by atoms with van der Waals surface area (Å²) in [6, 6.07) is 12.1. The van der Waals surface area contributed by atoms with E-state index in [4.69, 9.17) is 0 Å². The largest absolute Gasteiger partial charge is 0.416 e. The van der Waals surface area contributed by atoms with Crippen LogP contribution in [0.1, 0.15) is 11.1 Å². The maximum absolute atomic E-state index is 12.9. The predicted molar refractivity (Wildman–Crippen MR) is 104 cm³/mol. The number of fused-ring (bicyclic) bond motifs is 1. The van der Waals surface area contributed by atoms with E-state index in [0.29, 0.717) is 23.3 Å². The van der Waals surface area contributed by atoms with Gasteiger partial charge in [-0.05, 0) is 35.9 Å². The Labute approximate surface area is 160 Å². The van der Waals surface area contributed by atoms with Crippen LogP contribution >= 0.6 is 0 Å². The van der Waals surface area contributed by atoms with Gasteiger partial charge < -0.3 is 5.32 Å². The van der Waals surface area contributed by atoms with Crippen LogP contribution in [0.3, 0.4) is 0 Å². The molecule has 0 atom stereocenters. The number of alkyl halides is 3. The number of aromatic nitrogens is 1. The van der Waals surface area contributed by atoms with Gasteiger partial charge in [0.15, 0.2) is 0 Å². The number of hydrogen-bond acceptors (Lipinski definition) is 4. The molecule has 1 aromatic heterocycles. The van der Waals surface area contributed by atoms with E-state index >= 15 is 0 Å². The molecule has 0 radical (unpaired) electrons. The molecule has 0 saturated carbocycles. The molecule has 148 valence electrons. The first-order valence-corrected chi connectivity index (χ1v) is 10.1. The number of anilines is 2. The van der Waals surface area contributed by atoms with Crippen molar-refractivity contribution in [1.29, 1.82) is 0 Å². The number of hydrogen-bond donors (Lipinski definition) is 1. The molecule has 5 nitrogen and oxygen atoms in total. The lowest BCUT2D eigenvalue weighted by Crippen LogP contribution is -2.24. The van der Waals surface area contributed by atoms with E-state index in [0.717, 1.165) is 24.0 Å². The number of halogens is 3. The molecule has 0 aliphatic rings. The summed E-state index contributed by atoms with van der Waals surface area (Å²) in [5.41, 5.74) is 1.61. The van der Waals surface area contributed by atoms with Crippen molar-refractivity contribution < 1.29 is 21.6 Å². The minimum absolute atomic E-state index is 0.255. The van der Waals surface area contributed by atoms with E-state index in [-0.39, 0.29) is 5.52 Å². The summed E-state index contributed by atoms with van der Waals surface area (Å²) in [7, 11) is -1.86. The molecule has 0 aliphatic heterocycles. The van der Waals surface area contributed by atoms with Gasteiger partial charge in [0.05, 0.1) is 23.0 Å². The van der Waals surface area contributed by atoms with Crippen molar-refractivity contribution in [3.8, 4) is 0 Å². The molecule has 0 amide bonds. The SMILES string of the molecule is CN(c1ccc(CNc2ccnc3cc(C(F)(F)F)ccc23)cc1)S(C)(=O)=O. The van der Waals surface area contributed by atoms with Crippen molar-refractivity contribution in [3.63, 3.8) is 0 Å². The van der Waals surface area contributed by atoms with Crippen LogP contribution in [0.2, 0.25) is 0 Å². The second-order valence-electron chi connectivity index (χ2n) is 6.34. The zero-order chi connectivity index (χ0) is 20.5. The quantitative estimate of drug-likeness (QED) is 0.684. The maximum Gasteiger partial charge on any atom is 0.416 e. The Hall–Kier alpha value is -2.81. The van der Waals surface area contributed by atoms with Gasteiger partial charge >= 0.3 is 6.18 Å². The average Bonchev–Trinajstić information content (AvgIpc) is 2.64. The number of rotatable bonds is 5. The molecule has 0 fully saturated rings. The first-order chi connectivity index (χ1) is 13.1. The van der Waals surface area contributed by atoms with E-state index in [1.165, 1.54) is 23.6 Å². The smallest absolute Gasteiger partial charge is 0.380 e. The Morgan fingerprint density at radius 2 is 1.75 bits per heavy atom. The average molecular weight is 409 g/mol. The summed E-state index contributed by atoms with van der Waals surface area (Å²) in [5, 5.41) is 3.77. The van der Waals surface area contributed by atoms with E-state index in [1.54, 1.807) is 30.3 Å². The summed E-state index contributed by atoms with van der Waals surface area (Å²) in [6.07, 6.45) is -1.84. The molecule has 3 aromatic rings. The third-order valence-electron chi connectivity index (χ3n) is 4.35. The lowest BCUT2D eigenvalue weighted by Gasteiger charge is -2.17. The molecule has 3 rings (SSSR count). The second-order valence-corrected chi connectivity index (χ2v) is 8.35. The van der Waals surface area contributed by atoms with Gasteiger partial charge in [0.25, 0.3) is 0 Å². The third kappa shape index (κ3) is 4.36. The van der Waals surface area contributed by atoms with Crippen LogP contribution in [-0.2, 0) is 22.7 Å². The highest BCUT2D eigenvalue weighted by Gasteiger charge is 2.30. The van der Waals surface area contributed by atoms with Crippen molar-refractivity contribution in [1.82, 2.24) is 4.98 Å². The lowest BCUT2D eigenvalue weighted by atomic mass is 10.1. The Bertz CT molecular complexity index is 1100. The highest BCUT2D eigenvalue weighted by Crippen LogP contribution is 2.32. The molecule has 1 heterocycles.